The Labute approximate surface area is 574 Å². The molecule has 5 nitrogen and oxygen atoms in total. The highest BCUT2D eigenvalue weighted by Gasteiger charge is 2.38. The van der Waals surface area contributed by atoms with Crippen LogP contribution in [0.1, 0.15) is 344 Å². The summed E-state index contributed by atoms with van der Waals surface area (Å²) < 4.78 is 2.66. The summed E-state index contributed by atoms with van der Waals surface area (Å²) in [7, 11) is 0. The number of fused-ring (bicyclic) bond motifs is 6. The molecular formula is C86H127N3O2S2. The Bertz CT molecular complexity index is 3370. The van der Waals surface area contributed by atoms with Crippen molar-refractivity contribution in [3.63, 3.8) is 0 Å². The van der Waals surface area contributed by atoms with Crippen LogP contribution in [0.4, 0.5) is 11.4 Å². The normalized spacial score (nSPS) is 17.5. The molecule has 93 heavy (non-hydrogen) atoms. The predicted octanol–water partition coefficient (Wildman–Crippen LogP) is 25.5. The van der Waals surface area contributed by atoms with Crippen LogP contribution in [0.2, 0.25) is 0 Å². The van der Waals surface area contributed by atoms with Gasteiger partial charge in [0.2, 0.25) is 0 Å². The van der Waals surface area contributed by atoms with Crippen LogP contribution in [-0.2, 0) is 16.1 Å². The van der Waals surface area contributed by atoms with Crippen molar-refractivity contribution in [2.24, 2.45) is 17.8 Å². The maximum Gasteiger partial charge on any atom is 0.260 e. The molecule has 2 amide bonds. The molecule has 3 aromatic heterocycles. The van der Waals surface area contributed by atoms with E-state index < -0.39 is 0 Å². The van der Waals surface area contributed by atoms with Crippen molar-refractivity contribution in [1.29, 1.82) is 0 Å². The number of unbranched alkanes of at least 4 members (excludes halogenated alkanes) is 21. The third-order valence-corrected chi connectivity index (χ3v) is 24.7. The summed E-state index contributed by atoms with van der Waals surface area (Å²) in [6.07, 6.45) is 51.2. The second-order valence-electron chi connectivity index (χ2n) is 30.0. The number of nitrogens with zero attached hydrogens (tertiary/aromatic N) is 3. The van der Waals surface area contributed by atoms with Crippen molar-refractivity contribution in [2.45, 2.75) is 331 Å². The number of hydrogen-bond acceptors (Lipinski definition) is 4. The van der Waals surface area contributed by atoms with E-state index in [1.807, 2.05) is 11.3 Å². The number of amides is 2. The molecule has 0 N–H and O–H groups in total. The summed E-state index contributed by atoms with van der Waals surface area (Å²) in [5.41, 5.74) is 9.01. The quantitative estimate of drug-likeness (QED) is 0.0365. The fraction of sp³-hybridized carbons (Fsp3) is 0.651. The first-order chi connectivity index (χ1) is 45.6. The minimum Gasteiger partial charge on any atom is -0.340 e. The molecule has 7 heteroatoms. The molecule has 0 saturated carbocycles. The molecule has 510 valence electrons. The largest absolute Gasteiger partial charge is 0.340 e. The Kier molecular flexibility index (Phi) is 30.1. The Morgan fingerprint density at radius 2 is 0.968 bits per heavy atom. The first-order valence-corrected chi connectivity index (χ1v) is 41.0. The zero-order valence-electron chi connectivity index (χ0n) is 60.2. The SMILES string of the molecule is CCCCCCCCCCCC(CCCCCCCCCC)CN1C(=O)C2=c3cc4c(cc31)=C(c1ccc(-c3ccc5c6ccc(C(C)C)cc6n(CC(CC)CCCC)c5c3)s1)C(=O)N4CC(CCCCCCCC)CCCCCCCCCCC(C)c1ccc2s1. The van der Waals surface area contributed by atoms with Gasteiger partial charge >= 0.3 is 0 Å². The topological polar surface area (TPSA) is 45.6 Å². The van der Waals surface area contributed by atoms with Gasteiger partial charge in [-0.3, -0.25) is 9.59 Å². The van der Waals surface area contributed by atoms with Crippen molar-refractivity contribution in [3.8, 4) is 10.4 Å². The fourth-order valence-electron chi connectivity index (χ4n) is 16.1. The highest BCUT2D eigenvalue weighted by Crippen LogP contribution is 2.42. The van der Waals surface area contributed by atoms with Gasteiger partial charge in [-0.15, -0.1) is 22.7 Å². The number of thiophene rings is 2. The standard InChI is InChI=1S/C86H127N3O2S2/c1-9-14-18-21-24-26-31-36-41-48-68(46-40-35-30-25-22-19-15-10-2)62-88-77-60-74-78-59-73(77)83(85(88)90)81-55-53-79(92-81)65(8)43-38-33-29-27-28-32-37-42-47-67(45-39-34-23-20-16-11-3)63-89(78)86(91)84(74)82-56-54-80(93-82)70-50-52-72-71-51-49-69(64(6)7)57-75(71)87(76(72)58-70)61-66(13-5)44-17-12-4/h49-60,64-68H,9-48,61-63H2,1-8H3. The number of benzene rings is 3. The minimum absolute atomic E-state index is 0.146. The van der Waals surface area contributed by atoms with E-state index in [2.05, 4.69) is 143 Å². The molecule has 0 aliphatic carbocycles. The Balaban J connectivity index is 1.14. The minimum atomic E-state index is 0.146. The van der Waals surface area contributed by atoms with Crippen LogP contribution in [0.5, 0.6) is 0 Å². The first kappa shape index (κ1) is 72.8. The molecule has 4 atom stereocenters. The molecule has 0 spiro atoms. The van der Waals surface area contributed by atoms with Crippen LogP contribution in [0.25, 0.3) is 43.4 Å². The number of carbonyl (C=O) groups is 2. The van der Waals surface area contributed by atoms with Crippen molar-refractivity contribution < 1.29 is 9.59 Å². The van der Waals surface area contributed by atoms with Crippen LogP contribution in [0, 0.1) is 17.8 Å². The second-order valence-corrected chi connectivity index (χ2v) is 32.2. The maximum atomic E-state index is 16.2. The van der Waals surface area contributed by atoms with Crippen LogP contribution >= 0.6 is 22.7 Å². The molecule has 9 rings (SSSR count). The van der Waals surface area contributed by atoms with Gasteiger partial charge in [-0.25, -0.2) is 0 Å². The van der Waals surface area contributed by atoms with Crippen LogP contribution < -0.4 is 20.2 Å². The van der Waals surface area contributed by atoms with Crippen molar-refractivity contribution in [1.82, 2.24) is 4.57 Å². The lowest BCUT2D eigenvalue weighted by Crippen LogP contribution is -2.35. The third kappa shape index (κ3) is 19.9. The van der Waals surface area contributed by atoms with E-state index >= 15 is 9.59 Å². The first-order valence-electron chi connectivity index (χ1n) is 39.4. The molecule has 0 saturated heterocycles. The molecule has 3 aliphatic rings. The molecule has 3 aliphatic heterocycles. The van der Waals surface area contributed by atoms with Gasteiger partial charge in [0.1, 0.15) is 0 Å². The van der Waals surface area contributed by atoms with Gasteiger partial charge in [-0.1, -0.05) is 298 Å². The predicted molar refractivity (Wildman–Crippen MR) is 409 cm³/mol. The summed E-state index contributed by atoms with van der Waals surface area (Å²) in [6, 6.07) is 28.3. The number of hydrogen-bond donors (Lipinski definition) is 0. The highest BCUT2D eigenvalue weighted by atomic mass is 32.1. The molecular weight excluding hydrogens is 1170 g/mol. The smallest absolute Gasteiger partial charge is 0.260 e. The van der Waals surface area contributed by atoms with Gasteiger partial charge in [0.15, 0.2) is 0 Å². The number of aromatic nitrogens is 1. The van der Waals surface area contributed by atoms with Gasteiger partial charge in [-0.2, -0.15) is 0 Å². The van der Waals surface area contributed by atoms with E-state index in [-0.39, 0.29) is 11.8 Å². The van der Waals surface area contributed by atoms with Crippen molar-refractivity contribution in [2.75, 3.05) is 22.9 Å². The highest BCUT2D eigenvalue weighted by molar-refractivity contribution is 7.17. The lowest BCUT2D eigenvalue weighted by Gasteiger charge is -2.27. The number of carbonyl (C=O) groups excluding carboxylic acids is 2. The van der Waals surface area contributed by atoms with Crippen molar-refractivity contribution >= 4 is 78.8 Å². The summed E-state index contributed by atoms with van der Waals surface area (Å²) in [5, 5.41) is 4.74. The summed E-state index contributed by atoms with van der Waals surface area (Å²) >= 11 is 3.65. The molecule has 6 aromatic rings. The third-order valence-electron chi connectivity index (χ3n) is 22.2. The van der Waals surface area contributed by atoms with Gasteiger partial charge in [0.05, 0.1) is 22.5 Å². The summed E-state index contributed by atoms with van der Waals surface area (Å²) in [5.74, 6) is 2.68. The second kappa shape index (κ2) is 38.5. The van der Waals surface area contributed by atoms with Crippen molar-refractivity contribution in [3.05, 3.63) is 103 Å². The number of rotatable bonds is 37. The lowest BCUT2D eigenvalue weighted by molar-refractivity contribution is -0.114. The van der Waals surface area contributed by atoms with E-state index in [0.29, 0.717) is 29.6 Å². The fourth-order valence-corrected chi connectivity index (χ4v) is 18.3. The zero-order valence-corrected chi connectivity index (χ0v) is 61.8. The average molecular weight is 1300 g/mol. The Morgan fingerprint density at radius 3 is 1.59 bits per heavy atom. The molecule has 6 heterocycles. The molecule has 0 radical (unpaired) electrons. The van der Waals surface area contributed by atoms with E-state index in [9.17, 15) is 0 Å². The summed E-state index contributed by atoms with van der Waals surface area (Å²) in [6.45, 7) is 21.2. The van der Waals surface area contributed by atoms with E-state index in [1.54, 1.807) is 11.3 Å². The molecule has 3 aromatic carbocycles. The van der Waals surface area contributed by atoms with E-state index in [0.717, 1.165) is 88.0 Å². The summed E-state index contributed by atoms with van der Waals surface area (Å²) in [4.78, 5) is 41.4. The van der Waals surface area contributed by atoms with Gasteiger partial charge in [0, 0.05) is 71.4 Å². The van der Waals surface area contributed by atoms with Crippen LogP contribution in [-0.4, -0.2) is 29.5 Å². The van der Waals surface area contributed by atoms with E-state index in [4.69, 9.17) is 0 Å². The van der Waals surface area contributed by atoms with Crippen LogP contribution in [0.15, 0.2) is 72.8 Å². The number of anilines is 2. The lowest BCUT2D eigenvalue weighted by atomic mass is 9.93. The Morgan fingerprint density at radius 1 is 0.462 bits per heavy atom. The molecule has 0 fully saturated rings. The van der Waals surface area contributed by atoms with Crippen LogP contribution in [0.3, 0.4) is 0 Å². The van der Waals surface area contributed by atoms with Gasteiger partial charge in [0.25, 0.3) is 11.8 Å². The maximum absolute atomic E-state index is 16.2. The molecule has 4 unspecified atom stereocenters. The Hall–Kier alpha value is -4.46. The van der Waals surface area contributed by atoms with E-state index in [1.165, 1.54) is 274 Å². The monoisotopic (exact) mass is 1300 g/mol. The zero-order chi connectivity index (χ0) is 65.3. The van der Waals surface area contributed by atoms with Gasteiger partial charge < -0.3 is 14.4 Å². The average Bonchev–Trinajstić information content (AvgIpc) is 1.58. The molecule has 4 bridgehead atoms. The van der Waals surface area contributed by atoms with Gasteiger partial charge in [-0.05, 0) is 128 Å².